The molecule has 0 atom stereocenters. The van der Waals surface area contributed by atoms with Crippen molar-refractivity contribution < 1.29 is 9.59 Å². The molecule has 1 amide bonds. The number of rotatable bonds is 5. The number of hydrogen-bond donors (Lipinski definition) is 1. The van der Waals surface area contributed by atoms with Gasteiger partial charge in [-0.15, -0.1) is 0 Å². The molecule has 0 aliphatic heterocycles. The van der Waals surface area contributed by atoms with Crippen molar-refractivity contribution >= 4 is 17.3 Å². The van der Waals surface area contributed by atoms with Gasteiger partial charge in [-0.05, 0) is 62.1 Å². The van der Waals surface area contributed by atoms with Gasteiger partial charge in [-0.1, -0.05) is 6.07 Å². The molecule has 0 radical (unpaired) electrons. The Morgan fingerprint density at radius 3 is 2.70 bits per heavy atom. The number of carbonyl (C=O) groups excluding carboxylic acids is 2. The molecule has 5 rings (SSSR count). The van der Waals surface area contributed by atoms with Crippen LogP contribution in [-0.2, 0) is 0 Å². The van der Waals surface area contributed by atoms with E-state index in [1.54, 1.807) is 29.2 Å². The first kappa shape index (κ1) is 18.3. The first-order chi connectivity index (χ1) is 14.5. The Kier molecular flexibility index (Phi) is 4.24. The molecule has 1 N–H and O–H groups in total. The zero-order valence-corrected chi connectivity index (χ0v) is 16.8. The van der Waals surface area contributed by atoms with Gasteiger partial charge in [-0.2, -0.15) is 5.10 Å². The molecule has 1 aromatic carbocycles. The average molecular weight is 399 g/mol. The van der Waals surface area contributed by atoms with E-state index in [0.717, 1.165) is 35.3 Å². The molecule has 30 heavy (non-hydrogen) atoms. The fraction of sp³-hybridized carbons (Fsp3) is 0.217. The third-order valence-electron chi connectivity index (χ3n) is 5.44. The van der Waals surface area contributed by atoms with Gasteiger partial charge in [-0.3, -0.25) is 14.0 Å². The Bertz CT molecular complexity index is 1300. The van der Waals surface area contributed by atoms with E-state index < -0.39 is 0 Å². The SMILES string of the molecule is CC(=O)c1ccn2c(-n3cc(-c4cc(C(=O)NC5CC5)ccc4C)cn3)cnc2c1. The number of aromatic nitrogens is 4. The maximum Gasteiger partial charge on any atom is 0.251 e. The molecule has 7 nitrogen and oxygen atoms in total. The molecular weight excluding hydrogens is 378 g/mol. The number of imidazole rings is 1. The fourth-order valence-electron chi connectivity index (χ4n) is 3.51. The number of nitrogens with one attached hydrogen (secondary N) is 1. The van der Waals surface area contributed by atoms with Crippen LogP contribution in [-0.4, -0.2) is 36.9 Å². The van der Waals surface area contributed by atoms with Crippen LogP contribution < -0.4 is 5.32 Å². The van der Waals surface area contributed by atoms with Crippen molar-refractivity contribution in [1.29, 1.82) is 0 Å². The number of ketones is 1. The quantitative estimate of drug-likeness (QED) is 0.520. The predicted octanol–water partition coefficient (Wildman–Crippen LogP) is 3.59. The molecule has 3 aromatic heterocycles. The van der Waals surface area contributed by atoms with E-state index in [2.05, 4.69) is 15.4 Å². The number of carbonyl (C=O) groups is 2. The summed E-state index contributed by atoms with van der Waals surface area (Å²) in [6.45, 7) is 3.56. The second-order valence-corrected chi connectivity index (χ2v) is 7.77. The van der Waals surface area contributed by atoms with Crippen LogP contribution in [0.2, 0.25) is 0 Å². The molecule has 7 heteroatoms. The van der Waals surface area contributed by atoms with Crippen LogP contribution in [0.3, 0.4) is 0 Å². The monoisotopic (exact) mass is 399 g/mol. The second kappa shape index (κ2) is 6.95. The number of aryl methyl sites for hydroxylation is 1. The number of Topliss-reactive ketones (excluding diaryl/α,β-unsaturated/α-hetero) is 1. The molecule has 3 heterocycles. The highest BCUT2D eigenvalue weighted by Crippen LogP contribution is 2.26. The Balaban J connectivity index is 1.49. The van der Waals surface area contributed by atoms with Crippen molar-refractivity contribution in [2.24, 2.45) is 0 Å². The Morgan fingerprint density at radius 1 is 1.10 bits per heavy atom. The highest BCUT2D eigenvalue weighted by atomic mass is 16.1. The predicted molar refractivity (Wildman–Crippen MR) is 113 cm³/mol. The summed E-state index contributed by atoms with van der Waals surface area (Å²) in [4.78, 5) is 28.5. The number of pyridine rings is 1. The lowest BCUT2D eigenvalue weighted by atomic mass is 10.0. The van der Waals surface area contributed by atoms with Crippen LogP contribution in [0.4, 0.5) is 0 Å². The lowest BCUT2D eigenvalue weighted by molar-refractivity contribution is 0.0950. The van der Waals surface area contributed by atoms with Crippen molar-refractivity contribution in [2.75, 3.05) is 0 Å². The van der Waals surface area contributed by atoms with Crippen molar-refractivity contribution in [2.45, 2.75) is 32.7 Å². The first-order valence-electron chi connectivity index (χ1n) is 9.94. The van der Waals surface area contributed by atoms with Crippen molar-refractivity contribution in [3.05, 3.63) is 71.8 Å². The van der Waals surface area contributed by atoms with E-state index in [4.69, 9.17) is 0 Å². The smallest absolute Gasteiger partial charge is 0.251 e. The third-order valence-corrected chi connectivity index (χ3v) is 5.44. The minimum Gasteiger partial charge on any atom is -0.349 e. The van der Waals surface area contributed by atoms with Crippen LogP contribution >= 0.6 is 0 Å². The fourth-order valence-corrected chi connectivity index (χ4v) is 3.51. The van der Waals surface area contributed by atoms with Gasteiger partial charge in [-0.25, -0.2) is 9.67 Å². The number of amides is 1. The van der Waals surface area contributed by atoms with Crippen molar-refractivity contribution in [3.63, 3.8) is 0 Å². The van der Waals surface area contributed by atoms with E-state index in [9.17, 15) is 9.59 Å². The molecule has 0 unspecified atom stereocenters. The van der Waals surface area contributed by atoms with Gasteiger partial charge < -0.3 is 5.32 Å². The van der Waals surface area contributed by atoms with Gasteiger partial charge in [0.05, 0.1) is 12.4 Å². The van der Waals surface area contributed by atoms with Gasteiger partial charge in [0.1, 0.15) is 5.65 Å². The van der Waals surface area contributed by atoms with E-state index >= 15 is 0 Å². The number of fused-ring (bicyclic) bond motifs is 1. The molecule has 1 saturated carbocycles. The van der Waals surface area contributed by atoms with E-state index in [1.807, 2.05) is 41.9 Å². The van der Waals surface area contributed by atoms with E-state index in [0.29, 0.717) is 22.8 Å². The normalized spacial score (nSPS) is 13.5. The summed E-state index contributed by atoms with van der Waals surface area (Å²) >= 11 is 0. The van der Waals surface area contributed by atoms with Gasteiger partial charge >= 0.3 is 0 Å². The molecule has 1 aliphatic carbocycles. The summed E-state index contributed by atoms with van der Waals surface area (Å²) in [5, 5.41) is 7.54. The first-order valence-corrected chi connectivity index (χ1v) is 9.94. The average Bonchev–Trinajstić information content (AvgIpc) is 3.25. The number of hydrogen-bond acceptors (Lipinski definition) is 4. The van der Waals surface area contributed by atoms with Gasteiger partial charge in [0.15, 0.2) is 11.6 Å². The van der Waals surface area contributed by atoms with Crippen LogP contribution in [0.15, 0.2) is 55.1 Å². The summed E-state index contributed by atoms with van der Waals surface area (Å²) in [5.41, 5.74) is 4.92. The molecule has 0 bridgehead atoms. The summed E-state index contributed by atoms with van der Waals surface area (Å²) in [6, 6.07) is 9.61. The third kappa shape index (κ3) is 3.28. The summed E-state index contributed by atoms with van der Waals surface area (Å²) in [6.07, 6.45) is 9.38. The van der Waals surface area contributed by atoms with Crippen molar-refractivity contribution in [1.82, 2.24) is 24.5 Å². The molecule has 1 fully saturated rings. The number of nitrogens with zero attached hydrogens (tertiary/aromatic N) is 4. The summed E-state index contributed by atoms with van der Waals surface area (Å²) in [7, 11) is 0. The lowest BCUT2D eigenvalue weighted by Gasteiger charge is -2.08. The highest BCUT2D eigenvalue weighted by Gasteiger charge is 2.24. The van der Waals surface area contributed by atoms with Crippen LogP contribution in [0.25, 0.3) is 22.6 Å². The number of benzene rings is 1. The molecule has 1 aliphatic rings. The Morgan fingerprint density at radius 2 is 1.93 bits per heavy atom. The van der Waals surface area contributed by atoms with Crippen LogP contribution in [0, 0.1) is 6.92 Å². The van der Waals surface area contributed by atoms with Gasteiger partial charge in [0, 0.05) is 35.1 Å². The standard InChI is InChI=1S/C23H21N5O2/c1-14-3-4-17(23(30)26-19-5-6-19)9-20(14)18-11-25-28(13-18)22-12-24-21-10-16(15(2)29)7-8-27(21)22/h3-4,7-13,19H,5-6H2,1-2H3,(H,26,30). The highest BCUT2D eigenvalue weighted by molar-refractivity contribution is 5.96. The minimum absolute atomic E-state index is 0.00417. The van der Waals surface area contributed by atoms with Crippen LogP contribution in [0.1, 0.15) is 46.0 Å². The molecule has 0 spiro atoms. The van der Waals surface area contributed by atoms with Crippen LogP contribution in [0.5, 0.6) is 0 Å². The van der Waals surface area contributed by atoms with Gasteiger partial charge in [0.2, 0.25) is 0 Å². The zero-order chi connectivity index (χ0) is 20.8. The Hall–Kier alpha value is -3.74. The largest absolute Gasteiger partial charge is 0.349 e. The lowest BCUT2D eigenvalue weighted by Crippen LogP contribution is -2.25. The topological polar surface area (TPSA) is 81.3 Å². The van der Waals surface area contributed by atoms with E-state index in [-0.39, 0.29) is 11.7 Å². The molecule has 0 saturated heterocycles. The molecular formula is C23H21N5O2. The summed E-state index contributed by atoms with van der Waals surface area (Å²) < 4.78 is 3.63. The minimum atomic E-state index is -0.0331. The summed E-state index contributed by atoms with van der Waals surface area (Å²) in [5.74, 6) is 0.741. The molecule has 150 valence electrons. The van der Waals surface area contributed by atoms with Crippen molar-refractivity contribution in [3.8, 4) is 16.9 Å². The Labute approximate surface area is 173 Å². The van der Waals surface area contributed by atoms with E-state index in [1.165, 1.54) is 6.92 Å². The van der Waals surface area contributed by atoms with Gasteiger partial charge in [0.25, 0.3) is 5.91 Å². The maximum absolute atomic E-state index is 12.4. The zero-order valence-electron chi connectivity index (χ0n) is 16.8. The maximum atomic E-state index is 12.4. The second-order valence-electron chi connectivity index (χ2n) is 7.77. The molecule has 4 aromatic rings.